The van der Waals surface area contributed by atoms with Gasteiger partial charge in [0.05, 0.1) is 33.8 Å². The number of halogens is 2. The summed E-state index contributed by atoms with van der Waals surface area (Å²) in [5.41, 5.74) is 2.17. The molecular formula is C27H21Cl2NO5. The molecular weight excluding hydrogens is 489 g/mol. The Kier molecular flexibility index (Phi) is 6.96. The highest BCUT2D eigenvalue weighted by Gasteiger charge is 2.47. The molecule has 1 heterocycles. The van der Waals surface area contributed by atoms with Gasteiger partial charge < -0.3 is 9.84 Å². The van der Waals surface area contributed by atoms with Gasteiger partial charge in [0.15, 0.2) is 0 Å². The Morgan fingerprint density at radius 3 is 2.40 bits per heavy atom. The Balaban J connectivity index is 1.94. The van der Waals surface area contributed by atoms with Gasteiger partial charge in [-0.05, 0) is 61.4 Å². The van der Waals surface area contributed by atoms with Gasteiger partial charge in [-0.2, -0.15) is 0 Å². The molecule has 3 aromatic rings. The SMILES string of the molecule is CCOC(=O)c1cccc(N2C(=O)C(=O)/C(=C(/O)c3ccc(Cl)c(Cl)c3)C2c2ccccc2C)c1. The summed E-state index contributed by atoms with van der Waals surface area (Å²) in [6, 6.07) is 17.1. The van der Waals surface area contributed by atoms with Gasteiger partial charge in [0.25, 0.3) is 11.7 Å². The predicted octanol–water partition coefficient (Wildman–Crippen LogP) is 6.10. The van der Waals surface area contributed by atoms with Gasteiger partial charge in [-0.25, -0.2) is 4.79 Å². The van der Waals surface area contributed by atoms with Crippen molar-refractivity contribution in [1.29, 1.82) is 0 Å². The highest BCUT2D eigenvalue weighted by atomic mass is 35.5. The third-order valence-electron chi connectivity index (χ3n) is 5.76. The van der Waals surface area contributed by atoms with Gasteiger partial charge in [-0.15, -0.1) is 0 Å². The topological polar surface area (TPSA) is 83.9 Å². The molecule has 178 valence electrons. The summed E-state index contributed by atoms with van der Waals surface area (Å²) in [4.78, 5) is 40.3. The maximum absolute atomic E-state index is 13.3. The lowest BCUT2D eigenvalue weighted by atomic mass is 9.92. The number of rotatable bonds is 5. The number of ketones is 1. The van der Waals surface area contributed by atoms with E-state index in [2.05, 4.69) is 0 Å². The Hall–Kier alpha value is -3.61. The summed E-state index contributed by atoms with van der Waals surface area (Å²) in [5.74, 6) is -2.61. The largest absolute Gasteiger partial charge is 0.507 e. The van der Waals surface area contributed by atoms with E-state index in [1.54, 1.807) is 37.3 Å². The number of ether oxygens (including phenoxy) is 1. The molecule has 1 amide bonds. The molecule has 1 aliphatic rings. The molecule has 35 heavy (non-hydrogen) atoms. The second-order valence-corrected chi connectivity index (χ2v) is 8.74. The van der Waals surface area contributed by atoms with E-state index in [-0.39, 0.29) is 39.1 Å². The first-order valence-corrected chi connectivity index (χ1v) is 11.6. The first kappa shape index (κ1) is 24.5. The van der Waals surface area contributed by atoms with Gasteiger partial charge in [0, 0.05) is 11.3 Å². The first-order chi connectivity index (χ1) is 16.7. The average molecular weight is 510 g/mol. The number of hydrogen-bond acceptors (Lipinski definition) is 5. The number of amides is 1. The van der Waals surface area contributed by atoms with Crippen LogP contribution in [0.15, 0.2) is 72.3 Å². The van der Waals surface area contributed by atoms with E-state index < -0.39 is 23.7 Å². The normalized spacial score (nSPS) is 17.0. The van der Waals surface area contributed by atoms with Crippen LogP contribution in [0.3, 0.4) is 0 Å². The zero-order valence-electron chi connectivity index (χ0n) is 18.9. The van der Waals surface area contributed by atoms with Gasteiger partial charge in [-0.3, -0.25) is 14.5 Å². The van der Waals surface area contributed by atoms with Crippen molar-refractivity contribution in [2.45, 2.75) is 19.9 Å². The second-order valence-electron chi connectivity index (χ2n) is 7.93. The van der Waals surface area contributed by atoms with E-state index in [0.29, 0.717) is 11.3 Å². The highest BCUT2D eigenvalue weighted by molar-refractivity contribution is 6.52. The molecule has 3 aromatic carbocycles. The average Bonchev–Trinajstić information content (AvgIpc) is 3.11. The minimum Gasteiger partial charge on any atom is -0.507 e. The van der Waals surface area contributed by atoms with Crippen molar-refractivity contribution < 1.29 is 24.2 Å². The van der Waals surface area contributed by atoms with Crippen LogP contribution in [0, 0.1) is 6.92 Å². The summed E-state index contributed by atoms with van der Waals surface area (Å²) in [6.07, 6.45) is 0. The number of benzene rings is 3. The van der Waals surface area contributed by atoms with Crippen LogP contribution in [0.2, 0.25) is 10.0 Å². The van der Waals surface area contributed by atoms with Crippen LogP contribution in [0.4, 0.5) is 5.69 Å². The molecule has 0 bridgehead atoms. The zero-order valence-corrected chi connectivity index (χ0v) is 20.4. The van der Waals surface area contributed by atoms with E-state index in [1.165, 1.54) is 29.2 Å². The lowest BCUT2D eigenvalue weighted by molar-refractivity contribution is -0.132. The Labute approximate surface area is 212 Å². The summed E-state index contributed by atoms with van der Waals surface area (Å²) < 4.78 is 5.08. The van der Waals surface area contributed by atoms with Crippen LogP contribution >= 0.6 is 23.2 Å². The fraction of sp³-hybridized carbons (Fsp3) is 0.148. The fourth-order valence-electron chi connectivity index (χ4n) is 4.08. The molecule has 0 radical (unpaired) electrons. The molecule has 0 saturated carbocycles. The van der Waals surface area contributed by atoms with Crippen molar-refractivity contribution in [1.82, 2.24) is 0 Å². The lowest BCUT2D eigenvalue weighted by Gasteiger charge is -2.27. The summed E-state index contributed by atoms with van der Waals surface area (Å²) >= 11 is 12.1. The number of carbonyl (C=O) groups excluding carboxylic acids is 3. The van der Waals surface area contributed by atoms with E-state index in [4.69, 9.17) is 27.9 Å². The van der Waals surface area contributed by atoms with E-state index in [0.717, 1.165) is 5.56 Å². The standard InChI is InChI=1S/C27H21Cl2NO5/c1-3-35-27(34)17-8-6-9-18(13-17)30-23(19-10-5-4-7-15(19)2)22(25(32)26(30)33)24(31)16-11-12-20(28)21(29)14-16/h4-14,23,31H,3H2,1-2H3/b24-22+. The van der Waals surface area contributed by atoms with Gasteiger partial charge in [-0.1, -0.05) is 53.5 Å². The van der Waals surface area contributed by atoms with Crippen molar-refractivity contribution in [2.75, 3.05) is 11.5 Å². The first-order valence-electron chi connectivity index (χ1n) is 10.8. The molecule has 1 aliphatic heterocycles. The Morgan fingerprint density at radius 1 is 0.971 bits per heavy atom. The van der Waals surface area contributed by atoms with Crippen molar-refractivity contribution in [3.63, 3.8) is 0 Å². The van der Waals surface area contributed by atoms with Gasteiger partial charge in [0.2, 0.25) is 0 Å². The number of aliphatic hydroxyl groups excluding tert-OH is 1. The van der Waals surface area contributed by atoms with E-state index in [9.17, 15) is 19.5 Å². The van der Waals surface area contributed by atoms with Crippen molar-refractivity contribution in [3.05, 3.63) is 105 Å². The van der Waals surface area contributed by atoms with Crippen LogP contribution in [-0.4, -0.2) is 29.4 Å². The third kappa shape index (κ3) is 4.55. The van der Waals surface area contributed by atoms with Gasteiger partial charge >= 0.3 is 5.97 Å². The van der Waals surface area contributed by atoms with Crippen LogP contribution in [-0.2, 0) is 14.3 Å². The highest BCUT2D eigenvalue weighted by Crippen LogP contribution is 2.43. The zero-order chi connectivity index (χ0) is 25.3. The van der Waals surface area contributed by atoms with Crippen molar-refractivity contribution >= 4 is 52.3 Å². The number of anilines is 1. The van der Waals surface area contributed by atoms with Crippen LogP contribution < -0.4 is 4.90 Å². The van der Waals surface area contributed by atoms with Crippen molar-refractivity contribution in [3.8, 4) is 0 Å². The molecule has 1 atom stereocenters. The number of Topliss-reactive ketones (excluding diaryl/α,β-unsaturated/α-hetero) is 1. The molecule has 1 saturated heterocycles. The Morgan fingerprint density at radius 2 is 1.71 bits per heavy atom. The molecule has 0 aromatic heterocycles. The predicted molar refractivity (Wildman–Crippen MR) is 135 cm³/mol. The van der Waals surface area contributed by atoms with Crippen LogP contribution in [0.25, 0.3) is 5.76 Å². The number of aliphatic hydroxyl groups is 1. The summed E-state index contributed by atoms with van der Waals surface area (Å²) in [5, 5.41) is 11.7. The quantitative estimate of drug-likeness (QED) is 0.194. The maximum Gasteiger partial charge on any atom is 0.338 e. The van der Waals surface area contributed by atoms with Crippen LogP contribution in [0.1, 0.15) is 40.0 Å². The number of hydrogen-bond donors (Lipinski definition) is 1. The third-order valence-corrected chi connectivity index (χ3v) is 6.49. The molecule has 0 aliphatic carbocycles. The number of esters is 1. The molecule has 1 N–H and O–H groups in total. The minimum atomic E-state index is -0.942. The smallest absolute Gasteiger partial charge is 0.338 e. The van der Waals surface area contributed by atoms with Crippen LogP contribution in [0.5, 0.6) is 0 Å². The molecule has 1 unspecified atom stereocenters. The fourth-order valence-corrected chi connectivity index (χ4v) is 4.38. The molecule has 4 rings (SSSR count). The Bertz CT molecular complexity index is 1380. The molecule has 8 heteroatoms. The molecule has 1 fully saturated rings. The number of nitrogens with zero attached hydrogens (tertiary/aromatic N) is 1. The monoisotopic (exact) mass is 509 g/mol. The van der Waals surface area contributed by atoms with Crippen molar-refractivity contribution in [2.24, 2.45) is 0 Å². The molecule has 0 spiro atoms. The van der Waals surface area contributed by atoms with E-state index in [1.807, 2.05) is 19.1 Å². The number of carbonyl (C=O) groups is 3. The van der Waals surface area contributed by atoms with E-state index >= 15 is 0 Å². The maximum atomic E-state index is 13.3. The summed E-state index contributed by atoms with van der Waals surface area (Å²) in [6.45, 7) is 3.74. The number of aryl methyl sites for hydroxylation is 1. The second kappa shape index (κ2) is 9.94. The molecule has 6 nitrogen and oxygen atoms in total. The lowest BCUT2D eigenvalue weighted by Crippen LogP contribution is -2.30. The van der Waals surface area contributed by atoms with Gasteiger partial charge in [0.1, 0.15) is 5.76 Å². The summed E-state index contributed by atoms with van der Waals surface area (Å²) in [7, 11) is 0. The minimum absolute atomic E-state index is 0.0933.